The smallest absolute Gasteiger partial charge is 0.248 e. The number of carbonyl (C=O) groups is 1. The van der Waals surface area contributed by atoms with Gasteiger partial charge >= 0.3 is 0 Å². The Hall–Kier alpha value is -2.64. The summed E-state index contributed by atoms with van der Waals surface area (Å²) in [5.41, 5.74) is 1.24. The number of hydrogen-bond donors (Lipinski definition) is 2. The van der Waals surface area contributed by atoms with E-state index in [1.807, 2.05) is 25.2 Å². The van der Waals surface area contributed by atoms with Crippen LogP contribution in [0.1, 0.15) is 54.4 Å². The number of hydrogen-bond acceptors (Lipinski definition) is 2. The van der Waals surface area contributed by atoms with Crippen LogP contribution in [0.15, 0.2) is 71.7 Å². The van der Waals surface area contributed by atoms with Crippen LogP contribution < -0.4 is 5.32 Å². The van der Waals surface area contributed by atoms with E-state index in [2.05, 4.69) is 37.6 Å². The summed E-state index contributed by atoms with van der Waals surface area (Å²) in [6.07, 6.45) is 13.4. The third-order valence-corrected chi connectivity index (χ3v) is 5.57. The van der Waals surface area contributed by atoms with Crippen molar-refractivity contribution in [3.63, 3.8) is 0 Å². The maximum atomic E-state index is 13.4. The van der Waals surface area contributed by atoms with Gasteiger partial charge in [-0.3, -0.25) is 4.79 Å². The summed E-state index contributed by atoms with van der Waals surface area (Å²) in [5.74, 6) is 5.87. The van der Waals surface area contributed by atoms with Crippen LogP contribution in [0.25, 0.3) is 0 Å². The molecular weight excluding hydrogens is 389 g/mol. The monoisotopic (exact) mass is 425 g/mol. The van der Waals surface area contributed by atoms with Crippen molar-refractivity contribution in [1.29, 1.82) is 0 Å². The van der Waals surface area contributed by atoms with Crippen molar-refractivity contribution in [2.75, 3.05) is 0 Å². The molecule has 1 rings (SSSR count). The van der Waals surface area contributed by atoms with Gasteiger partial charge < -0.3 is 10.4 Å². The van der Waals surface area contributed by atoms with Crippen molar-refractivity contribution < 1.29 is 14.3 Å². The number of carbonyl (C=O) groups excluding carboxylic acids is 1. The van der Waals surface area contributed by atoms with Crippen LogP contribution in [0.3, 0.4) is 0 Å². The van der Waals surface area contributed by atoms with Crippen molar-refractivity contribution in [1.82, 2.24) is 5.32 Å². The van der Waals surface area contributed by atoms with E-state index in [9.17, 15) is 14.3 Å². The van der Waals surface area contributed by atoms with Gasteiger partial charge in [-0.1, -0.05) is 51.3 Å². The fourth-order valence-corrected chi connectivity index (χ4v) is 2.75. The quantitative estimate of drug-likeness (QED) is 0.386. The van der Waals surface area contributed by atoms with Gasteiger partial charge in [0.2, 0.25) is 5.91 Å². The van der Waals surface area contributed by atoms with Crippen LogP contribution in [0.4, 0.5) is 4.39 Å². The third-order valence-electron chi connectivity index (χ3n) is 5.57. The molecule has 3 unspecified atom stereocenters. The molecule has 2 N–H and O–H groups in total. The molecule has 0 aromatic heterocycles. The second-order valence-corrected chi connectivity index (χ2v) is 8.40. The summed E-state index contributed by atoms with van der Waals surface area (Å²) in [6, 6.07) is -0.388. The van der Waals surface area contributed by atoms with Gasteiger partial charge in [-0.25, -0.2) is 4.39 Å². The zero-order valence-corrected chi connectivity index (χ0v) is 19.6. The van der Waals surface area contributed by atoms with E-state index in [-0.39, 0.29) is 23.8 Å². The molecule has 0 fully saturated rings. The van der Waals surface area contributed by atoms with Gasteiger partial charge in [0.1, 0.15) is 5.83 Å². The molecule has 0 spiro atoms. The molecule has 0 bridgehead atoms. The first-order valence-corrected chi connectivity index (χ1v) is 10.9. The van der Waals surface area contributed by atoms with Crippen LogP contribution in [-0.2, 0) is 4.79 Å². The predicted octanol–water partition coefficient (Wildman–Crippen LogP) is 5.73. The first-order valence-electron chi connectivity index (χ1n) is 10.9. The maximum absolute atomic E-state index is 13.4. The summed E-state index contributed by atoms with van der Waals surface area (Å²) < 4.78 is 13.4. The predicted molar refractivity (Wildman–Crippen MR) is 128 cm³/mol. The lowest BCUT2D eigenvalue weighted by molar-refractivity contribution is -0.120. The molecule has 0 saturated carbocycles. The van der Waals surface area contributed by atoms with E-state index < -0.39 is 11.4 Å². The minimum Gasteiger partial charge on any atom is -0.388 e. The zero-order chi connectivity index (χ0) is 23.6. The molecule has 0 aliphatic heterocycles. The summed E-state index contributed by atoms with van der Waals surface area (Å²) in [6.45, 7) is 14.7. The van der Waals surface area contributed by atoms with Crippen molar-refractivity contribution in [2.45, 2.75) is 66.0 Å². The molecule has 31 heavy (non-hydrogen) atoms. The first kappa shape index (κ1) is 26.4. The van der Waals surface area contributed by atoms with Crippen LogP contribution in [0.5, 0.6) is 0 Å². The molecule has 1 aliphatic carbocycles. The number of nitrogens with one attached hydrogen (secondary N) is 1. The van der Waals surface area contributed by atoms with E-state index in [1.165, 1.54) is 6.08 Å². The molecule has 3 nitrogen and oxygen atoms in total. The zero-order valence-electron chi connectivity index (χ0n) is 19.6. The minimum atomic E-state index is -1.01. The molecule has 0 aromatic rings. The highest BCUT2D eigenvalue weighted by molar-refractivity contribution is 5.95. The maximum Gasteiger partial charge on any atom is 0.248 e. The highest BCUT2D eigenvalue weighted by atomic mass is 19.1. The van der Waals surface area contributed by atoms with Crippen LogP contribution in [0.2, 0.25) is 0 Å². The first-order chi connectivity index (χ1) is 14.5. The summed E-state index contributed by atoms with van der Waals surface area (Å²) in [5, 5.41) is 13.0. The summed E-state index contributed by atoms with van der Waals surface area (Å²) in [4.78, 5) is 12.8. The number of amides is 1. The Morgan fingerprint density at radius 1 is 1.32 bits per heavy atom. The topological polar surface area (TPSA) is 49.3 Å². The number of halogens is 1. The largest absolute Gasteiger partial charge is 0.388 e. The van der Waals surface area contributed by atoms with E-state index in [0.717, 1.165) is 30.1 Å². The number of allylic oxidation sites excluding steroid dienone is 10. The molecule has 4 heteroatoms. The summed E-state index contributed by atoms with van der Waals surface area (Å²) in [7, 11) is 0. The SMILES string of the molecule is C=CC(F)=CC=C(C#CC1=CC=C(C(=O)NC(C)C(C)(C)O)C(CC)C=C1)C(C)CC. The Morgan fingerprint density at radius 2 is 2.00 bits per heavy atom. The molecule has 0 saturated heterocycles. The molecule has 0 radical (unpaired) electrons. The Labute approximate surface area is 187 Å². The Balaban J connectivity index is 3.21. The Morgan fingerprint density at radius 3 is 2.55 bits per heavy atom. The van der Waals surface area contributed by atoms with Crippen LogP contribution in [0, 0.1) is 23.7 Å². The molecular formula is C27H36FNO2. The van der Waals surface area contributed by atoms with Crippen molar-refractivity contribution >= 4 is 5.91 Å². The van der Waals surface area contributed by atoms with Gasteiger partial charge in [-0.2, -0.15) is 0 Å². The average Bonchev–Trinajstić information content (AvgIpc) is 2.94. The van der Waals surface area contributed by atoms with Crippen LogP contribution >= 0.6 is 0 Å². The lowest BCUT2D eigenvalue weighted by Gasteiger charge is -2.27. The Bertz CT molecular complexity index is 869. The number of aliphatic hydroxyl groups is 1. The van der Waals surface area contributed by atoms with Gasteiger partial charge in [0.05, 0.1) is 11.6 Å². The molecule has 0 heterocycles. The highest BCUT2D eigenvalue weighted by Gasteiger charge is 2.26. The Kier molecular flexibility index (Phi) is 10.4. The highest BCUT2D eigenvalue weighted by Crippen LogP contribution is 2.23. The fourth-order valence-electron chi connectivity index (χ4n) is 2.75. The minimum absolute atomic E-state index is 0.0428. The van der Waals surface area contributed by atoms with Crippen LogP contribution in [-0.4, -0.2) is 22.7 Å². The molecule has 3 atom stereocenters. The van der Waals surface area contributed by atoms with Crippen molar-refractivity contribution in [3.05, 3.63) is 71.7 Å². The van der Waals surface area contributed by atoms with E-state index in [0.29, 0.717) is 5.57 Å². The standard InChI is InChI=1S/C27H36FNO2/c1-8-19(4)23(16-17-24(28)10-3)15-12-21-11-14-22(9-2)25(18-13-21)26(30)29-20(5)27(6,7)31/h10-11,13-14,16-20,22,31H,3,8-9H2,1-2,4-7H3,(H,29,30). The normalized spacial score (nSPS) is 19.3. The van der Waals surface area contributed by atoms with Gasteiger partial charge in [0.15, 0.2) is 0 Å². The van der Waals surface area contributed by atoms with E-state index in [4.69, 9.17) is 0 Å². The third kappa shape index (κ3) is 8.55. The molecule has 0 aromatic carbocycles. The van der Waals surface area contributed by atoms with Gasteiger partial charge in [0.25, 0.3) is 0 Å². The number of rotatable bonds is 8. The van der Waals surface area contributed by atoms with Gasteiger partial charge in [0, 0.05) is 22.6 Å². The molecule has 168 valence electrons. The van der Waals surface area contributed by atoms with Gasteiger partial charge in [-0.05, 0) is 69.9 Å². The van der Waals surface area contributed by atoms with E-state index in [1.54, 1.807) is 32.9 Å². The summed E-state index contributed by atoms with van der Waals surface area (Å²) >= 11 is 0. The lowest BCUT2D eigenvalue weighted by Crippen LogP contribution is -2.48. The molecule has 1 aliphatic rings. The van der Waals surface area contributed by atoms with E-state index >= 15 is 0 Å². The lowest BCUT2D eigenvalue weighted by atomic mass is 9.94. The second kappa shape index (κ2) is 12.3. The molecule has 1 amide bonds. The average molecular weight is 426 g/mol. The van der Waals surface area contributed by atoms with Crippen molar-refractivity contribution in [2.24, 2.45) is 11.8 Å². The van der Waals surface area contributed by atoms with Crippen molar-refractivity contribution in [3.8, 4) is 11.8 Å². The fraction of sp³-hybridized carbons (Fsp3) is 0.444. The second-order valence-electron chi connectivity index (χ2n) is 8.40. The van der Waals surface area contributed by atoms with Gasteiger partial charge in [-0.15, -0.1) is 0 Å².